The topological polar surface area (TPSA) is 113 Å². The standard InChI is InChI=1S/C16H18N4O4/c1-16(2,15(23)24)20-9-12(8-18-20)19-14(22)11-6-4-5-10(7-11)13(21)17-3/h4-9H,1-3H3,(H,17,21)(H,19,22)(H,23,24). The lowest BCUT2D eigenvalue weighted by atomic mass is 10.1. The maximum absolute atomic E-state index is 12.3. The highest BCUT2D eigenvalue weighted by atomic mass is 16.4. The SMILES string of the molecule is CNC(=O)c1cccc(C(=O)Nc2cnn(C(C)(C)C(=O)O)c2)c1. The Kier molecular flexibility index (Phi) is 4.68. The molecule has 2 aromatic rings. The second-order valence-corrected chi connectivity index (χ2v) is 5.65. The van der Waals surface area contributed by atoms with Crippen LogP contribution in [0.4, 0.5) is 5.69 Å². The van der Waals surface area contributed by atoms with Crippen LogP contribution < -0.4 is 10.6 Å². The van der Waals surface area contributed by atoms with Crippen molar-refractivity contribution in [3.8, 4) is 0 Å². The van der Waals surface area contributed by atoms with E-state index in [0.29, 0.717) is 16.8 Å². The van der Waals surface area contributed by atoms with E-state index in [9.17, 15) is 19.5 Å². The van der Waals surface area contributed by atoms with Gasteiger partial charge in [-0.1, -0.05) is 6.07 Å². The maximum atomic E-state index is 12.3. The molecule has 1 heterocycles. The molecule has 1 aromatic heterocycles. The molecule has 126 valence electrons. The predicted octanol–water partition coefficient (Wildman–Crippen LogP) is 1.31. The molecule has 0 aliphatic carbocycles. The van der Waals surface area contributed by atoms with Crippen molar-refractivity contribution in [3.63, 3.8) is 0 Å². The van der Waals surface area contributed by atoms with Crippen LogP contribution in [0, 0.1) is 0 Å². The zero-order valence-electron chi connectivity index (χ0n) is 13.5. The Morgan fingerprint density at radius 1 is 1.17 bits per heavy atom. The molecule has 3 N–H and O–H groups in total. The molecule has 0 saturated heterocycles. The number of nitrogens with one attached hydrogen (secondary N) is 2. The number of hydrogen-bond donors (Lipinski definition) is 3. The highest BCUT2D eigenvalue weighted by Gasteiger charge is 2.30. The minimum Gasteiger partial charge on any atom is -0.479 e. The van der Waals surface area contributed by atoms with Crippen molar-refractivity contribution >= 4 is 23.5 Å². The minimum absolute atomic E-state index is 0.291. The smallest absolute Gasteiger partial charge is 0.331 e. The summed E-state index contributed by atoms with van der Waals surface area (Å²) in [6.45, 7) is 3.00. The van der Waals surface area contributed by atoms with Gasteiger partial charge in [0, 0.05) is 24.4 Å². The van der Waals surface area contributed by atoms with E-state index in [0.717, 1.165) is 0 Å². The number of nitrogens with zero attached hydrogens (tertiary/aromatic N) is 2. The summed E-state index contributed by atoms with van der Waals surface area (Å²) in [7, 11) is 1.51. The Labute approximate surface area is 138 Å². The number of carboxylic acids is 1. The van der Waals surface area contributed by atoms with E-state index in [1.54, 1.807) is 18.2 Å². The lowest BCUT2D eigenvalue weighted by Gasteiger charge is -2.19. The Hall–Kier alpha value is -3.16. The van der Waals surface area contributed by atoms with Gasteiger partial charge in [0.15, 0.2) is 5.54 Å². The maximum Gasteiger partial charge on any atom is 0.331 e. The van der Waals surface area contributed by atoms with Crippen molar-refractivity contribution in [1.29, 1.82) is 0 Å². The van der Waals surface area contributed by atoms with Gasteiger partial charge in [0.05, 0.1) is 11.9 Å². The van der Waals surface area contributed by atoms with Crippen molar-refractivity contribution in [2.24, 2.45) is 0 Å². The molecule has 8 heteroatoms. The number of aliphatic carboxylic acids is 1. The summed E-state index contributed by atoms with van der Waals surface area (Å²) in [6, 6.07) is 6.26. The zero-order valence-corrected chi connectivity index (χ0v) is 13.5. The third-order valence-corrected chi connectivity index (χ3v) is 3.55. The first-order valence-corrected chi connectivity index (χ1v) is 7.17. The summed E-state index contributed by atoms with van der Waals surface area (Å²) in [6.07, 6.45) is 2.81. The largest absolute Gasteiger partial charge is 0.479 e. The van der Waals surface area contributed by atoms with Gasteiger partial charge >= 0.3 is 5.97 Å². The van der Waals surface area contributed by atoms with Gasteiger partial charge in [-0.25, -0.2) is 4.79 Å². The number of rotatable bonds is 5. The summed E-state index contributed by atoms with van der Waals surface area (Å²) in [4.78, 5) is 35.1. The quantitative estimate of drug-likeness (QED) is 0.765. The Balaban J connectivity index is 2.18. The van der Waals surface area contributed by atoms with Gasteiger partial charge in [-0.15, -0.1) is 0 Å². The van der Waals surface area contributed by atoms with Crippen LogP contribution in [0.3, 0.4) is 0 Å². The number of anilines is 1. The number of carbonyl (C=O) groups is 3. The lowest BCUT2D eigenvalue weighted by molar-refractivity contribution is -0.146. The van der Waals surface area contributed by atoms with E-state index in [4.69, 9.17) is 0 Å². The highest BCUT2D eigenvalue weighted by molar-refractivity contribution is 6.06. The fraction of sp³-hybridized carbons (Fsp3) is 0.250. The molecule has 1 aromatic carbocycles. The van der Waals surface area contributed by atoms with Crippen molar-refractivity contribution in [2.75, 3.05) is 12.4 Å². The average molecular weight is 330 g/mol. The van der Waals surface area contributed by atoms with Crippen LogP contribution in [0.15, 0.2) is 36.7 Å². The van der Waals surface area contributed by atoms with Crippen LogP contribution in [0.5, 0.6) is 0 Å². The molecule has 0 saturated carbocycles. The Morgan fingerprint density at radius 3 is 2.38 bits per heavy atom. The van der Waals surface area contributed by atoms with E-state index < -0.39 is 17.4 Å². The first kappa shape index (κ1) is 17.2. The molecule has 24 heavy (non-hydrogen) atoms. The molecule has 0 aliphatic heterocycles. The highest BCUT2D eigenvalue weighted by Crippen LogP contribution is 2.18. The van der Waals surface area contributed by atoms with Crippen molar-refractivity contribution in [2.45, 2.75) is 19.4 Å². The normalized spacial score (nSPS) is 11.0. The van der Waals surface area contributed by atoms with Gasteiger partial charge in [0.25, 0.3) is 11.8 Å². The average Bonchev–Trinajstić information content (AvgIpc) is 3.03. The number of carbonyl (C=O) groups excluding carboxylic acids is 2. The van der Waals surface area contributed by atoms with Crippen LogP contribution in [0.1, 0.15) is 34.6 Å². The monoisotopic (exact) mass is 330 g/mol. The van der Waals surface area contributed by atoms with Gasteiger partial charge in [-0.2, -0.15) is 5.10 Å². The second kappa shape index (κ2) is 6.53. The predicted molar refractivity (Wildman–Crippen MR) is 87.0 cm³/mol. The van der Waals surface area contributed by atoms with Gasteiger partial charge in [0.1, 0.15) is 0 Å². The molecule has 0 spiro atoms. The summed E-state index contributed by atoms with van der Waals surface area (Å²) in [5, 5.41) is 18.3. The van der Waals surface area contributed by atoms with Crippen LogP contribution in [-0.2, 0) is 10.3 Å². The number of benzene rings is 1. The second-order valence-electron chi connectivity index (χ2n) is 5.65. The lowest BCUT2D eigenvalue weighted by Crippen LogP contribution is -2.35. The third-order valence-electron chi connectivity index (χ3n) is 3.55. The fourth-order valence-corrected chi connectivity index (χ4v) is 1.94. The molecule has 0 bridgehead atoms. The minimum atomic E-state index is -1.23. The van der Waals surface area contributed by atoms with Gasteiger partial charge < -0.3 is 15.7 Å². The van der Waals surface area contributed by atoms with E-state index in [2.05, 4.69) is 15.7 Å². The molecular weight excluding hydrogens is 312 g/mol. The summed E-state index contributed by atoms with van der Waals surface area (Å²) >= 11 is 0. The fourth-order valence-electron chi connectivity index (χ4n) is 1.94. The number of amides is 2. The summed E-state index contributed by atoms with van der Waals surface area (Å²) in [5.74, 6) is -1.75. The van der Waals surface area contributed by atoms with Crippen LogP contribution in [0.2, 0.25) is 0 Å². The van der Waals surface area contributed by atoms with Crippen molar-refractivity contribution in [3.05, 3.63) is 47.8 Å². The molecule has 0 aliphatic rings. The van der Waals surface area contributed by atoms with E-state index >= 15 is 0 Å². The Morgan fingerprint density at radius 2 is 1.79 bits per heavy atom. The van der Waals surface area contributed by atoms with E-state index in [-0.39, 0.29) is 5.91 Å². The molecule has 0 radical (unpaired) electrons. The van der Waals surface area contributed by atoms with Crippen LogP contribution >= 0.6 is 0 Å². The van der Waals surface area contributed by atoms with Gasteiger partial charge in [0.2, 0.25) is 0 Å². The summed E-state index contributed by atoms with van der Waals surface area (Å²) < 4.78 is 1.26. The molecule has 8 nitrogen and oxygen atoms in total. The first-order chi connectivity index (χ1) is 11.3. The van der Waals surface area contributed by atoms with Gasteiger partial charge in [-0.3, -0.25) is 14.3 Å². The van der Waals surface area contributed by atoms with E-state index in [1.165, 1.54) is 44.0 Å². The number of carboxylic acid groups (broad SMARTS) is 1. The number of aromatic nitrogens is 2. The van der Waals surface area contributed by atoms with Crippen LogP contribution in [0.25, 0.3) is 0 Å². The molecular formula is C16H18N4O4. The Bertz CT molecular complexity index is 795. The number of hydrogen-bond acceptors (Lipinski definition) is 4. The third kappa shape index (κ3) is 3.43. The molecule has 2 rings (SSSR count). The molecule has 0 unspecified atom stereocenters. The van der Waals surface area contributed by atoms with E-state index in [1.807, 2.05) is 0 Å². The molecule has 0 atom stereocenters. The molecule has 0 fully saturated rings. The van der Waals surface area contributed by atoms with Crippen molar-refractivity contribution in [1.82, 2.24) is 15.1 Å². The van der Waals surface area contributed by atoms with Gasteiger partial charge in [-0.05, 0) is 32.0 Å². The first-order valence-electron chi connectivity index (χ1n) is 7.17. The zero-order chi connectivity index (χ0) is 17.9. The molecule has 2 amide bonds. The van der Waals surface area contributed by atoms with Crippen LogP contribution in [-0.4, -0.2) is 39.7 Å². The summed E-state index contributed by atoms with van der Waals surface area (Å²) in [5.41, 5.74) is -0.198. The van der Waals surface area contributed by atoms with Crippen molar-refractivity contribution < 1.29 is 19.5 Å².